The first-order valence-corrected chi connectivity index (χ1v) is 8.97. The lowest BCUT2D eigenvalue weighted by atomic mass is 9.94. The molecule has 1 aromatic rings. The molecule has 8 nitrogen and oxygen atoms in total. The summed E-state index contributed by atoms with van der Waals surface area (Å²) >= 11 is 0. The Kier molecular flexibility index (Phi) is 5.73. The number of benzene rings is 1. The molecule has 2 aliphatic rings. The van der Waals surface area contributed by atoms with Gasteiger partial charge < -0.3 is 20.1 Å². The topological polar surface area (TPSA) is 113 Å². The molecule has 0 radical (unpaired) electrons. The number of nitrogens with one attached hydrogen (secondary N) is 1. The van der Waals surface area contributed by atoms with Crippen molar-refractivity contribution in [2.24, 2.45) is 11.8 Å². The maximum atomic E-state index is 12.5. The molecule has 144 valence electrons. The summed E-state index contributed by atoms with van der Waals surface area (Å²) in [7, 11) is 0. The fraction of sp³-hybridized carbons (Fsp3) is 0.474. The van der Waals surface area contributed by atoms with Crippen LogP contribution >= 0.6 is 0 Å². The highest BCUT2D eigenvalue weighted by atomic mass is 16.5. The summed E-state index contributed by atoms with van der Waals surface area (Å²) in [6.07, 6.45) is 2.50. The van der Waals surface area contributed by atoms with Crippen LogP contribution in [0.4, 0.5) is 0 Å². The number of carbonyl (C=O) groups is 4. The van der Waals surface area contributed by atoms with Gasteiger partial charge in [0.25, 0.3) is 0 Å². The summed E-state index contributed by atoms with van der Waals surface area (Å²) < 4.78 is 5.68. The van der Waals surface area contributed by atoms with Gasteiger partial charge in [-0.2, -0.15) is 0 Å². The average molecular weight is 374 g/mol. The van der Waals surface area contributed by atoms with Gasteiger partial charge in [-0.25, -0.2) is 0 Å². The van der Waals surface area contributed by atoms with Crippen molar-refractivity contribution in [1.82, 2.24) is 10.2 Å². The predicted molar refractivity (Wildman–Crippen MR) is 93.8 cm³/mol. The van der Waals surface area contributed by atoms with E-state index in [0.717, 1.165) is 17.9 Å². The molecule has 2 N–H and O–H groups in total. The van der Waals surface area contributed by atoms with Crippen molar-refractivity contribution in [2.75, 3.05) is 19.7 Å². The summed E-state index contributed by atoms with van der Waals surface area (Å²) in [6, 6.07) is 7.39. The smallest absolute Gasteiger partial charge is 0.322 e. The summed E-state index contributed by atoms with van der Waals surface area (Å²) in [5.41, 5.74) is 0.862. The van der Waals surface area contributed by atoms with Crippen LogP contribution in [0.1, 0.15) is 24.8 Å². The highest BCUT2D eigenvalue weighted by molar-refractivity contribution is 6.19. The van der Waals surface area contributed by atoms with E-state index >= 15 is 0 Å². The third-order valence-corrected chi connectivity index (χ3v) is 4.66. The SMILES string of the molecule is O=C(O)CNC(=O)C1C(=O)CCN(Cc2ccc(OCC3CC3)cc2)C1=O. The number of hydrogen-bond acceptors (Lipinski definition) is 5. The van der Waals surface area contributed by atoms with E-state index in [4.69, 9.17) is 9.84 Å². The second-order valence-electron chi connectivity index (χ2n) is 6.92. The normalized spacial score (nSPS) is 19.7. The zero-order valence-electron chi connectivity index (χ0n) is 14.8. The Balaban J connectivity index is 1.58. The van der Waals surface area contributed by atoms with Crippen molar-refractivity contribution in [3.05, 3.63) is 29.8 Å². The Morgan fingerprint density at radius 3 is 2.52 bits per heavy atom. The number of piperidine rings is 1. The molecular weight excluding hydrogens is 352 g/mol. The molecule has 1 saturated heterocycles. The molecule has 1 saturated carbocycles. The van der Waals surface area contributed by atoms with Crippen molar-refractivity contribution in [2.45, 2.75) is 25.8 Å². The van der Waals surface area contributed by atoms with Crippen molar-refractivity contribution < 1.29 is 29.0 Å². The van der Waals surface area contributed by atoms with Crippen LogP contribution in [0.3, 0.4) is 0 Å². The van der Waals surface area contributed by atoms with E-state index in [2.05, 4.69) is 5.32 Å². The minimum Gasteiger partial charge on any atom is -0.493 e. The van der Waals surface area contributed by atoms with Crippen molar-refractivity contribution >= 4 is 23.6 Å². The number of likely N-dealkylation sites (tertiary alicyclic amines) is 1. The molecule has 1 heterocycles. The van der Waals surface area contributed by atoms with E-state index in [0.29, 0.717) is 5.92 Å². The molecule has 2 amide bonds. The standard InChI is InChI=1S/C19H22N2O6/c22-15-7-8-21(19(26)17(15)18(25)20-9-16(23)24)10-12-3-5-14(6-4-12)27-11-13-1-2-13/h3-6,13,17H,1-2,7-11H2,(H,20,25)(H,23,24). The molecule has 0 bridgehead atoms. The molecule has 0 aromatic heterocycles. The van der Waals surface area contributed by atoms with Gasteiger partial charge in [-0.1, -0.05) is 12.1 Å². The van der Waals surface area contributed by atoms with Crippen LogP contribution in [-0.4, -0.2) is 53.3 Å². The van der Waals surface area contributed by atoms with Crippen LogP contribution in [-0.2, 0) is 25.7 Å². The molecule has 8 heteroatoms. The fourth-order valence-corrected chi connectivity index (χ4v) is 2.91. The van der Waals surface area contributed by atoms with Gasteiger partial charge in [0.15, 0.2) is 11.7 Å². The molecule has 27 heavy (non-hydrogen) atoms. The van der Waals surface area contributed by atoms with Gasteiger partial charge in [0.2, 0.25) is 11.8 Å². The number of hydrogen-bond donors (Lipinski definition) is 2. The summed E-state index contributed by atoms with van der Waals surface area (Å²) in [6.45, 7) is 0.607. The quantitative estimate of drug-likeness (QED) is 0.644. The number of nitrogens with zero attached hydrogens (tertiary/aromatic N) is 1. The second-order valence-corrected chi connectivity index (χ2v) is 6.92. The monoisotopic (exact) mass is 374 g/mol. The van der Waals surface area contributed by atoms with Crippen LogP contribution in [0, 0.1) is 11.8 Å². The van der Waals surface area contributed by atoms with E-state index in [9.17, 15) is 19.2 Å². The molecule has 1 atom stereocenters. The predicted octanol–water partition coefficient (Wildman–Crippen LogP) is 0.594. The molecule has 1 unspecified atom stereocenters. The second kappa shape index (κ2) is 8.20. The lowest BCUT2D eigenvalue weighted by Crippen LogP contribution is -2.52. The van der Waals surface area contributed by atoms with E-state index in [1.165, 1.54) is 17.7 Å². The van der Waals surface area contributed by atoms with Gasteiger partial charge in [0, 0.05) is 19.5 Å². The summed E-state index contributed by atoms with van der Waals surface area (Å²) in [5.74, 6) is -3.21. The first-order chi connectivity index (χ1) is 12.9. The third kappa shape index (κ3) is 5.06. The molecule has 3 rings (SSSR count). The van der Waals surface area contributed by atoms with Crippen LogP contribution in [0.2, 0.25) is 0 Å². The maximum absolute atomic E-state index is 12.5. The number of aliphatic carboxylic acids is 1. The summed E-state index contributed by atoms with van der Waals surface area (Å²) in [4.78, 5) is 48.6. The van der Waals surface area contributed by atoms with Gasteiger partial charge in [0.1, 0.15) is 12.3 Å². The highest BCUT2D eigenvalue weighted by Gasteiger charge is 2.40. The van der Waals surface area contributed by atoms with Crippen LogP contribution in [0.15, 0.2) is 24.3 Å². The number of ether oxygens (including phenoxy) is 1. The molecule has 0 spiro atoms. The Hall–Kier alpha value is -2.90. The zero-order valence-corrected chi connectivity index (χ0v) is 14.8. The number of ketones is 1. The lowest BCUT2D eigenvalue weighted by Gasteiger charge is -2.30. The van der Waals surface area contributed by atoms with Crippen LogP contribution in [0.5, 0.6) is 5.75 Å². The van der Waals surface area contributed by atoms with Crippen molar-refractivity contribution in [3.63, 3.8) is 0 Å². The zero-order chi connectivity index (χ0) is 19.4. The number of amides is 2. The minimum atomic E-state index is -1.47. The molecule has 1 aromatic carbocycles. The van der Waals surface area contributed by atoms with Gasteiger partial charge in [-0.3, -0.25) is 19.2 Å². The van der Waals surface area contributed by atoms with Crippen LogP contribution < -0.4 is 10.1 Å². The van der Waals surface area contributed by atoms with Crippen LogP contribution in [0.25, 0.3) is 0 Å². The number of carboxylic acids is 1. The Labute approximate surface area is 156 Å². The van der Waals surface area contributed by atoms with Gasteiger partial charge in [-0.15, -0.1) is 0 Å². The third-order valence-electron chi connectivity index (χ3n) is 4.66. The van der Waals surface area contributed by atoms with Crippen molar-refractivity contribution in [1.29, 1.82) is 0 Å². The maximum Gasteiger partial charge on any atom is 0.322 e. The van der Waals surface area contributed by atoms with E-state index in [1.807, 2.05) is 24.3 Å². The Morgan fingerprint density at radius 2 is 1.89 bits per heavy atom. The number of Topliss-reactive ketones (excluding diaryl/α,β-unsaturated/α-hetero) is 1. The Morgan fingerprint density at radius 1 is 1.19 bits per heavy atom. The van der Waals surface area contributed by atoms with Gasteiger partial charge in [-0.05, 0) is 36.5 Å². The molecule has 2 fully saturated rings. The largest absolute Gasteiger partial charge is 0.493 e. The first-order valence-electron chi connectivity index (χ1n) is 8.97. The number of carboxylic acid groups (broad SMARTS) is 1. The highest BCUT2D eigenvalue weighted by Crippen LogP contribution is 2.29. The lowest BCUT2D eigenvalue weighted by molar-refractivity contribution is -0.152. The first kappa shape index (κ1) is 18.9. The molecule has 1 aliphatic carbocycles. The Bertz CT molecular complexity index is 741. The van der Waals surface area contributed by atoms with E-state index < -0.39 is 36.0 Å². The minimum absolute atomic E-state index is 0.0689. The van der Waals surface area contributed by atoms with Crippen molar-refractivity contribution in [3.8, 4) is 5.75 Å². The van der Waals surface area contributed by atoms with Gasteiger partial charge in [0.05, 0.1) is 6.61 Å². The summed E-state index contributed by atoms with van der Waals surface area (Å²) in [5, 5.41) is 10.7. The number of carbonyl (C=O) groups excluding carboxylic acids is 3. The molecular formula is C19H22N2O6. The average Bonchev–Trinajstić information content (AvgIpc) is 3.46. The molecule has 1 aliphatic heterocycles. The van der Waals surface area contributed by atoms with E-state index in [-0.39, 0.29) is 19.5 Å². The number of rotatable bonds is 8. The fourth-order valence-electron chi connectivity index (χ4n) is 2.91. The van der Waals surface area contributed by atoms with Gasteiger partial charge >= 0.3 is 5.97 Å². The van der Waals surface area contributed by atoms with E-state index in [1.54, 1.807) is 0 Å².